The molecule has 1 fully saturated rings. The van der Waals surface area contributed by atoms with Gasteiger partial charge >= 0.3 is 5.97 Å². The molecule has 0 saturated carbocycles. The second-order valence-corrected chi connectivity index (χ2v) is 4.71. The number of rotatable bonds is 2. The number of halogens is 1. The van der Waals surface area contributed by atoms with E-state index < -0.39 is 12.0 Å². The van der Waals surface area contributed by atoms with Crippen molar-refractivity contribution in [2.45, 2.75) is 13.0 Å². The summed E-state index contributed by atoms with van der Waals surface area (Å²) in [5, 5.41) is 12.0. The lowest BCUT2D eigenvalue weighted by molar-refractivity contribution is -0.142. The molecule has 0 bridgehead atoms. The predicted octanol–water partition coefficient (Wildman–Crippen LogP) is 1.04. The van der Waals surface area contributed by atoms with Gasteiger partial charge in [0.05, 0.1) is 6.54 Å². The molecule has 0 aromatic heterocycles. The monoisotopic (exact) mass is 268 g/mol. The first-order valence-electron chi connectivity index (χ1n) is 5.50. The zero-order valence-electron chi connectivity index (χ0n) is 9.81. The number of aliphatic carboxylic acids is 1. The van der Waals surface area contributed by atoms with Gasteiger partial charge < -0.3 is 15.3 Å². The molecule has 0 aliphatic carbocycles. The third-order valence-corrected chi connectivity index (χ3v) is 3.11. The van der Waals surface area contributed by atoms with Crippen molar-refractivity contribution in [3.8, 4) is 0 Å². The molecule has 1 atom stereocenters. The number of carbonyl (C=O) groups excluding carboxylic acids is 1. The van der Waals surface area contributed by atoms with Crippen molar-refractivity contribution in [2.24, 2.45) is 0 Å². The van der Waals surface area contributed by atoms with Crippen LogP contribution in [0, 0.1) is 6.92 Å². The Bertz CT molecular complexity index is 504. The maximum Gasteiger partial charge on any atom is 0.328 e. The second-order valence-electron chi connectivity index (χ2n) is 4.27. The van der Waals surface area contributed by atoms with Crippen molar-refractivity contribution in [3.63, 3.8) is 0 Å². The van der Waals surface area contributed by atoms with E-state index in [4.69, 9.17) is 16.7 Å². The summed E-state index contributed by atoms with van der Waals surface area (Å²) in [5.74, 6) is -1.32. The van der Waals surface area contributed by atoms with E-state index >= 15 is 0 Å². The van der Waals surface area contributed by atoms with Crippen molar-refractivity contribution in [2.75, 3.05) is 18.0 Å². The molecule has 1 unspecified atom stereocenters. The Kier molecular flexibility index (Phi) is 3.43. The Balaban J connectivity index is 2.26. The van der Waals surface area contributed by atoms with E-state index in [1.807, 2.05) is 6.92 Å². The minimum absolute atomic E-state index is 0.159. The zero-order valence-corrected chi connectivity index (χ0v) is 10.6. The number of carboxylic acid groups (broad SMARTS) is 1. The normalized spacial score (nSPS) is 19.6. The number of carbonyl (C=O) groups is 2. The smallest absolute Gasteiger partial charge is 0.328 e. The van der Waals surface area contributed by atoms with Crippen LogP contribution in [0.1, 0.15) is 5.56 Å². The maximum absolute atomic E-state index is 11.5. The molecular weight excluding hydrogens is 256 g/mol. The Hall–Kier alpha value is -1.75. The summed E-state index contributed by atoms with van der Waals surface area (Å²) in [6, 6.07) is 4.45. The third-order valence-electron chi connectivity index (χ3n) is 2.87. The fourth-order valence-electron chi connectivity index (χ4n) is 2.04. The topological polar surface area (TPSA) is 69.6 Å². The van der Waals surface area contributed by atoms with Crippen LogP contribution in [-0.4, -0.2) is 36.1 Å². The van der Waals surface area contributed by atoms with Gasteiger partial charge in [-0.05, 0) is 30.7 Å². The number of anilines is 1. The lowest BCUT2D eigenvalue weighted by Crippen LogP contribution is -2.57. The van der Waals surface area contributed by atoms with Gasteiger partial charge in [0.1, 0.15) is 6.04 Å². The number of hydrogen-bond donors (Lipinski definition) is 2. The van der Waals surface area contributed by atoms with Gasteiger partial charge in [-0.1, -0.05) is 11.6 Å². The lowest BCUT2D eigenvalue weighted by Gasteiger charge is -2.33. The average Bonchev–Trinajstić information content (AvgIpc) is 2.27. The minimum Gasteiger partial charge on any atom is -0.480 e. The van der Waals surface area contributed by atoms with E-state index in [9.17, 15) is 9.59 Å². The molecule has 1 saturated heterocycles. The molecule has 2 rings (SSSR count). The third kappa shape index (κ3) is 2.56. The van der Waals surface area contributed by atoms with E-state index in [1.54, 1.807) is 23.1 Å². The first-order valence-corrected chi connectivity index (χ1v) is 5.88. The minimum atomic E-state index is -1.03. The van der Waals surface area contributed by atoms with Gasteiger partial charge in [-0.25, -0.2) is 4.79 Å². The fraction of sp³-hybridized carbons (Fsp3) is 0.333. The molecule has 1 aromatic rings. The Morgan fingerprint density at radius 3 is 2.89 bits per heavy atom. The van der Waals surface area contributed by atoms with Crippen LogP contribution in [0.15, 0.2) is 18.2 Å². The number of nitrogens with one attached hydrogen (secondary N) is 1. The van der Waals surface area contributed by atoms with Crippen LogP contribution in [0.2, 0.25) is 5.02 Å². The van der Waals surface area contributed by atoms with Crippen molar-refractivity contribution in [3.05, 3.63) is 28.8 Å². The summed E-state index contributed by atoms with van der Waals surface area (Å²) in [6.07, 6.45) is 0. The molecule has 1 aliphatic rings. The van der Waals surface area contributed by atoms with Crippen LogP contribution in [0.25, 0.3) is 0 Å². The van der Waals surface area contributed by atoms with Crippen LogP contribution in [0.5, 0.6) is 0 Å². The number of aryl methyl sites for hydroxylation is 1. The largest absolute Gasteiger partial charge is 0.480 e. The van der Waals surface area contributed by atoms with Gasteiger partial charge in [0.25, 0.3) is 0 Å². The van der Waals surface area contributed by atoms with Gasteiger partial charge in [-0.3, -0.25) is 4.79 Å². The molecule has 5 nitrogen and oxygen atoms in total. The zero-order chi connectivity index (χ0) is 13.3. The summed E-state index contributed by atoms with van der Waals surface area (Å²) in [4.78, 5) is 24.2. The van der Waals surface area contributed by atoms with Crippen LogP contribution in [0.4, 0.5) is 5.69 Å². The molecule has 96 valence electrons. The fourth-order valence-corrected chi connectivity index (χ4v) is 2.27. The molecular formula is C12H13ClN2O3. The van der Waals surface area contributed by atoms with Gasteiger partial charge in [-0.2, -0.15) is 0 Å². The SMILES string of the molecule is Cc1cc(Cl)ccc1N1CC(=O)NC(C(=O)O)C1. The molecule has 6 heteroatoms. The summed E-state index contributed by atoms with van der Waals surface area (Å²) >= 11 is 5.87. The van der Waals surface area contributed by atoms with E-state index in [1.165, 1.54) is 0 Å². The van der Waals surface area contributed by atoms with Crippen LogP contribution >= 0.6 is 11.6 Å². The second kappa shape index (κ2) is 4.86. The highest BCUT2D eigenvalue weighted by molar-refractivity contribution is 6.30. The van der Waals surface area contributed by atoms with Gasteiger partial charge in [0, 0.05) is 17.3 Å². The van der Waals surface area contributed by atoms with Gasteiger partial charge in [-0.15, -0.1) is 0 Å². The summed E-state index contributed by atoms with van der Waals surface area (Å²) in [6.45, 7) is 2.29. The van der Waals surface area contributed by atoms with Crippen molar-refractivity contribution < 1.29 is 14.7 Å². The van der Waals surface area contributed by atoms with Crippen LogP contribution in [0.3, 0.4) is 0 Å². The van der Waals surface area contributed by atoms with Gasteiger partial charge in [0.15, 0.2) is 0 Å². The van der Waals surface area contributed by atoms with Gasteiger partial charge in [0.2, 0.25) is 5.91 Å². The standard InChI is InChI=1S/C12H13ClN2O3/c1-7-4-8(13)2-3-10(7)15-5-9(12(17)18)14-11(16)6-15/h2-4,9H,5-6H2,1H3,(H,14,16)(H,17,18). The maximum atomic E-state index is 11.5. The number of benzene rings is 1. The van der Waals surface area contributed by atoms with E-state index in [2.05, 4.69) is 5.32 Å². The Labute approximate surface area is 109 Å². The van der Waals surface area contributed by atoms with E-state index in [-0.39, 0.29) is 19.0 Å². The number of amides is 1. The highest BCUT2D eigenvalue weighted by atomic mass is 35.5. The molecule has 0 spiro atoms. The van der Waals surface area contributed by atoms with Crippen LogP contribution < -0.4 is 10.2 Å². The molecule has 0 radical (unpaired) electrons. The number of nitrogens with zero attached hydrogens (tertiary/aromatic N) is 1. The molecule has 18 heavy (non-hydrogen) atoms. The summed E-state index contributed by atoms with van der Waals surface area (Å²) in [7, 11) is 0. The number of piperazine rings is 1. The van der Waals surface area contributed by atoms with Crippen molar-refractivity contribution >= 4 is 29.2 Å². The predicted molar refractivity (Wildman–Crippen MR) is 68.0 cm³/mol. The average molecular weight is 269 g/mol. The summed E-state index contributed by atoms with van der Waals surface area (Å²) in [5.41, 5.74) is 1.75. The Morgan fingerprint density at radius 2 is 2.28 bits per heavy atom. The first kappa shape index (κ1) is 12.7. The Morgan fingerprint density at radius 1 is 1.56 bits per heavy atom. The summed E-state index contributed by atoms with van der Waals surface area (Å²) < 4.78 is 0. The number of carboxylic acids is 1. The lowest BCUT2D eigenvalue weighted by atomic mass is 10.1. The molecule has 1 heterocycles. The van der Waals surface area contributed by atoms with E-state index in [0.717, 1.165) is 11.3 Å². The molecule has 2 N–H and O–H groups in total. The molecule has 1 aliphatic heterocycles. The molecule has 1 amide bonds. The quantitative estimate of drug-likeness (QED) is 0.841. The van der Waals surface area contributed by atoms with Crippen molar-refractivity contribution in [1.82, 2.24) is 5.32 Å². The first-order chi connectivity index (χ1) is 8.47. The highest BCUT2D eigenvalue weighted by Crippen LogP contribution is 2.24. The van der Waals surface area contributed by atoms with E-state index in [0.29, 0.717) is 5.02 Å². The number of hydrogen-bond acceptors (Lipinski definition) is 3. The van der Waals surface area contributed by atoms with Crippen LogP contribution in [-0.2, 0) is 9.59 Å². The molecule has 1 aromatic carbocycles. The highest BCUT2D eigenvalue weighted by Gasteiger charge is 2.29. The van der Waals surface area contributed by atoms with Crippen molar-refractivity contribution in [1.29, 1.82) is 0 Å².